The van der Waals surface area contributed by atoms with E-state index in [9.17, 15) is 43.2 Å². The van der Waals surface area contributed by atoms with Crippen LogP contribution in [-0.4, -0.2) is 96.7 Å². The predicted molar refractivity (Wildman–Crippen MR) is 358 cm³/mol. The van der Waals surface area contributed by atoms with Gasteiger partial charge in [-0.15, -0.1) is 0 Å². The van der Waals surface area contributed by atoms with Gasteiger partial charge in [-0.25, -0.2) is 9.13 Å². The van der Waals surface area contributed by atoms with Gasteiger partial charge in [0.2, 0.25) is 0 Å². The van der Waals surface area contributed by atoms with Gasteiger partial charge in [-0.05, 0) is 37.5 Å². The van der Waals surface area contributed by atoms with Crippen LogP contribution in [0.5, 0.6) is 0 Å². The molecule has 6 atom stereocenters. The molecule has 3 N–H and O–H groups in total. The number of aliphatic hydroxyl groups is 1. The van der Waals surface area contributed by atoms with Crippen molar-refractivity contribution in [3.8, 4) is 0 Å². The van der Waals surface area contributed by atoms with E-state index in [1.807, 2.05) is 0 Å². The van der Waals surface area contributed by atoms with Gasteiger partial charge in [0, 0.05) is 25.7 Å². The van der Waals surface area contributed by atoms with Gasteiger partial charge in [-0.1, -0.05) is 305 Å². The lowest BCUT2D eigenvalue weighted by Gasteiger charge is -2.21. The summed E-state index contributed by atoms with van der Waals surface area (Å²) < 4.78 is 68.2. The lowest BCUT2D eigenvalue weighted by molar-refractivity contribution is -0.161. The van der Waals surface area contributed by atoms with E-state index in [2.05, 4.69) is 41.5 Å². The average molecular weight is 1310 g/mol. The van der Waals surface area contributed by atoms with Crippen molar-refractivity contribution in [3.63, 3.8) is 0 Å². The molecule has 0 heterocycles. The van der Waals surface area contributed by atoms with Crippen LogP contribution in [0.1, 0.15) is 356 Å². The number of hydrogen-bond donors (Lipinski definition) is 3. The molecule has 0 fully saturated rings. The monoisotopic (exact) mass is 1310 g/mol. The lowest BCUT2D eigenvalue weighted by Crippen LogP contribution is -2.30. The largest absolute Gasteiger partial charge is 0.472 e. The Balaban J connectivity index is 5.21. The highest BCUT2D eigenvalue weighted by Crippen LogP contribution is 2.45. The van der Waals surface area contributed by atoms with Crippen LogP contribution in [0.2, 0.25) is 0 Å². The minimum atomic E-state index is -4.95. The normalized spacial score (nSPS) is 14.4. The van der Waals surface area contributed by atoms with Crippen molar-refractivity contribution in [1.29, 1.82) is 0 Å². The number of esters is 4. The number of aliphatic hydroxyl groups excluding tert-OH is 1. The van der Waals surface area contributed by atoms with E-state index in [1.54, 1.807) is 0 Å². The first-order valence-electron chi connectivity index (χ1n) is 36.5. The second kappa shape index (κ2) is 62.2. The summed E-state index contributed by atoms with van der Waals surface area (Å²) in [4.78, 5) is 72.4. The number of phosphoric ester groups is 2. The Bertz CT molecular complexity index is 1740. The van der Waals surface area contributed by atoms with Crippen LogP contribution in [0.15, 0.2) is 0 Å². The van der Waals surface area contributed by atoms with Crippen molar-refractivity contribution in [2.75, 3.05) is 39.6 Å². The highest BCUT2D eigenvalue weighted by molar-refractivity contribution is 7.47. The zero-order chi connectivity index (χ0) is 65.7. The van der Waals surface area contributed by atoms with Gasteiger partial charge in [0.1, 0.15) is 19.3 Å². The summed E-state index contributed by atoms with van der Waals surface area (Å²) >= 11 is 0. The number of carbonyl (C=O) groups excluding carboxylic acids is 4. The number of hydrogen-bond acceptors (Lipinski definition) is 15. The number of carbonyl (C=O) groups is 4. The summed E-state index contributed by atoms with van der Waals surface area (Å²) in [6.07, 6.45) is 47.3. The molecule has 0 bridgehead atoms. The molecule has 0 aliphatic carbocycles. The number of ether oxygens (including phenoxy) is 4. The second-order valence-corrected chi connectivity index (χ2v) is 28.9. The summed E-state index contributed by atoms with van der Waals surface area (Å²) in [7, 11) is -9.90. The highest BCUT2D eigenvalue weighted by Gasteiger charge is 2.30. The summed E-state index contributed by atoms with van der Waals surface area (Å²) in [5, 5.41) is 10.6. The van der Waals surface area contributed by atoms with E-state index in [1.165, 1.54) is 161 Å². The molecule has 17 nitrogen and oxygen atoms in total. The lowest BCUT2D eigenvalue weighted by atomic mass is 9.99. The molecule has 0 rings (SSSR count). The first-order valence-corrected chi connectivity index (χ1v) is 39.5. The van der Waals surface area contributed by atoms with Crippen LogP contribution in [0.4, 0.5) is 0 Å². The van der Waals surface area contributed by atoms with E-state index < -0.39 is 97.5 Å². The predicted octanol–water partition coefficient (Wildman–Crippen LogP) is 20.0. The third-order valence-corrected chi connectivity index (χ3v) is 18.5. The first-order chi connectivity index (χ1) is 42.9. The fourth-order valence-electron chi connectivity index (χ4n) is 10.6. The average Bonchev–Trinajstić information content (AvgIpc) is 3.72. The van der Waals surface area contributed by atoms with E-state index in [-0.39, 0.29) is 25.7 Å². The molecule has 0 aliphatic heterocycles. The molecular formula is C70H136O17P2. The minimum Gasteiger partial charge on any atom is -0.462 e. The highest BCUT2D eigenvalue weighted by atomic mass is 31.2. The fraction of sp³-hybridized carbons (Fsp3) is 0.943. The minimum absolute atomic E-state index is 0.105. The molecule has 19 heteroatoms. The van der Waals surface area contributed by atoms with Gasteiger partial charge in [-0.3, -0.25) is 37.3 Å². The Morgan fingerprint density at radius 2 is 0.573 bits per heavy atom. The standard InChI is InChI=1S/C70H136O17P2/c1-7-10-12-14-16-17-18-19-20-21-22-23-24-29-36-42-48-54-69(74)86-66(59-81-68(73)53-47-41-35-28-26-25-27-33-38-44-50-62(4)5)61-85-89(78,79)83-57-64(71)56-82-88(76,77)84-60-65(58-80-67(72)52-46-40-32-15-13-11-8-2)87-70(75)55-49-43-37-31-30-34-39-45-51-63(6)9-3/h62-66,71H,7-61H2,1-6H3,(H,76,77)(H,78,79)/t63?,64-,65+,66+/m0/s1. The van der Waals surface area contributed by atoms with Crippen molar-refractivity contribution in [3.05, 3.63) is 0 Å². The van der Waals surface area contributed by atoms with Crippen LogP contribution in [0.3, 0.4) is 0 Å². The van der Waals surface area contributed by atoms with Crippen molar-refractivity contribution in [2.45, 2.75) is 374 Å². The number of phosphoric acid groups is 2. The molecule has 0 aromatic heterocycles. The van der Waals surface area contributed by atoms with Crippen molar-refractivity contribution in [2.24, 2.45) is 11.8 Å². The van der Waals surface area contributed by atoms with Crippen molar-refractivity contribution < 1.29 is 80.2 Å². The Hall–Kier alpha value is -1.94. The van der Waals surface area contributed by atoms with Gasteiger partial charge >= 0.3 is 39.5 Å². The molecule has 0 aromatic carbocycles. The third kappa shape index (κ3) is 63.2. The smallest absolute Gasteiger partial charge is 0.462 e. The van der Waals surface area contributed by atoms with E-state index in [4.69, 9.17) is 37.0 Å². The van der Waals surface area contributed by atoms with E-state index in [0.717, 1.165) is 115 Å². The molecule has 528 valence electrons. The topological polar surface area (TPSA) is 237 Å². The maximum absolute atomic E-state index is 13.0. The van der Waals surface area contributed by atoms with Crippen LogP contribution < -0.4 is 0 Å². The van der Waals surface area contributed by atoms with Gasteiger partial charge in [0.25, 0.3) is 0 Å². The van der Waals surface area contributed by atoms with Gasteiger partial charge in [0.15, 0.2) is 12.2 Å². The summed E-state index contributed by atoms with van der Waals surface area (Å²) in [6, 6.07) is 0. The summed E-state index contributed by atoms with van der Waals surface area (Å²) in [5.74, 6) is -0.601. The molecule has 0 aromatic rings. The van der Waals surface area contributed by atoms with Crippen LogP contribution in [0, 0.1) is 11.8 Å². The summed E-state index contributed by atoms with van der Waals surface area (Å²) in [5.41, 5.74) is 0. The van der Waals surface area contributed by atoms with Gasteiger partial charge < -0.3 is 33.8 Å². The number of rotatable bonds is 69. The van der Waals surface area contributed by atoms with Crippen LogP contribution in [-0.2, 0) is 65.4 Å². The fourth-order valence-corrected chi connectivity index (χ4v) is 12.1. The molecule has 0 saturated heterocycles. The van der Waals surface area contributed by atoms with Gasteiger partial charge in [-0.2, -0.15) is 0 Å². The quantitative estimate of drug-likeness (QED) is 0.0222. The Kier molecular flexibility index (Phi) is 60.8. The second-order valence-electron chi connectivity index (χ2n) is 26.0. The Morgan fingerprint density at radius 3 is 0.854 bits per heavy atom. The SMILES string of the molecule is CCCCCCCCCCCCCCCCCCCC(=O)O[C@H](COC(=O)CCCCCCCCCCCCC(C)C)COP(=O)(O)OC[C@@H](O)COP(=O)(O)OC[C@@H](COC(=O)CCCCCCCCC)OC(=O)CCCCCCCCCCC(C)CC. The van der Waals surface area contributed by atoms with Crippen LogP contribution >= 0.6 is 15.6 Å². The Labute approximate surface area is 543 Å². The molecule has 0 aliphatic rings. The molecule has 0 saturated carbocycles. The molecule has 0 radical (unpaired) electrons. The maximum atomic E-state index is 13.0. The van der Waals surface area contributed by atoms with Crippen molar-refractivity contribution in [1.82, 2.24) is 0 Å². The maximum Gasteiger partial charge on any atom is 0.472 e. The van der Waals surface area contributed by atoms with E-state index >= 15 is 0 Å². The molecule has 3 unspecified atom stereocenters. The molecule has 0 spiro atoms. The molecule has 0 amide bonds. The molecular weight excluding hydrogens is 1170 g/mol. The van der Waals surface area contributed by atoms with E-state index in [0.29, 0.717) is 25.7 Å². The number of unbranched alkanes of at least 4 members (excludes halogenated alkanes) is 38. The van der Waals surface area contributed by atoms with Crippen molar-refractivity contribution >= 4 is 39.5 Å². The first kappa shape index (κ1) is 87.1. The zero-order valence-corrected chi connectivity index (χ0v) is 59.5. The molecule has 89 heavy (non-hydrogen) atoms. The third-order valence-electron chi connectivity index (χ3n) is 16.6. The zero-order valence-electron chi connectivity index (χ0n) is 57.7. The summed E-state index contributed by atoms with van der Waals surface area (Å²) in [6.45, 7) is 9.50. The Morgan fingerprint density at radius 1 is 0.326 bits per heavy atom. The van der Waals surface area contributed by atoms with Gasteiger partial charge in [0.05, 0.1) is 26.4 Å². The van der Waals surface area contributed by atoms with Crippen LogP contribution in [0.25, 0.3) is 0 Å².